The molecule has 0 aromatic heterocycles. The van der Waals surface area contributed by atoms with Crippen molar-refractivity contribution in [1.29, 1.82) is 0 Å². The normalized spacial score (nSPS) is 15.7. The summed E-state index contributed by atoms with van der Waals surface area (Å²) in [5.74, 6) is 0.395. The third-order valence-corrected chi connectivity index (χ3v) is 4.87. The minimum atomic E-state index is -0.909. The van der Waals surface area contributed by atoms with E-state index >= 15 is 0 Å². The number of carboxylic acids is 1. The number of benzene rings is 2. The maximum Gasteiger partial charge on any atom is 0.303 e. The molecule has 0 bridgehead atoms. The van der Waals surface area contributed by atoms with Gasteiger partial charge >= 0.3 is 5.97 Å². The summed E-state index contributed by atoms with van der Waals surface area (Å²) in [5, 5.41) is 14.9. The van der Waals surface area contributed by atoms with Crippen molar-refractivity contribution >= 4 is 17.6 Å². The lowest BCUT2D eigenvalue weighted by Crippen LogP contribution is -2.27. The van der Waals surface area contributed by atoms with E-state index in [-0.39, 0.29) is 31.2 Å². The first-order valence-electron chi connectivity index (χ1n) is 9.41. The van der Waals surface area contributed by atoms with Crippen LogP contribution in [0.25, 0.3) is 0 Å². The minimum absolute atomic E-state index is 0.0398. The second kappa shape index (κ2) is 9.23. The van der Waals surface area contributed by atoms with Crippen LogP contribution in [0.5, 0.6) is 11.5 Å². The van der Waals surface area contributed by atoms with E-state index in [1.165, 1.54) is 5.01 Å². The maximum absolute atomic E-state index is 12.8. The fourth-order valence-corrected chi connectivity index (χ4v) is 3.29. The summed E-state index contributed by atoms with van der Waals surface area (Å²) < 4.78 is 10.4. The van der Waals surface area contributed by atoms with Crippen LogP contribution in [0.2, 0.25) is 0 Å². The Balaban J connectivity index is 1.84. The molecule has 1 N–H and O–H groups in total. The molecular weight excluding hydrogens is 372 g/mol. The summed E-state index contributed by atoms with van der Waals surface area (Å²) in [6, 6.07) is 14.9. The molecule has 0 fully saturated rings. The molecule has 1 aliphatic rings. The highest BCUT2D eigenvalue weighted by Gasteiger charge is 2.32. The van der Waals surface area contributed by atoms with Crippen LogP contribution in [0, 0.1) is 0 Å². The Morgan fingerprint density at radius 1 is 1.00 bits per heavy atom. The van der Waals surface area contributed by atoms with Gasteiger partial charge in [0.05, 0.1) is 26.0 Å². The van der Waals surface area contributed by atoms with Gasteiger partial charge in [-0.2, -0.15) is 5.10 Å². The van der Waals surface area contributed by atoms with E-state index in [1.54, 1.807) is 14.2 Å². The Bertz CT molecular complexity index is 890. The molecule has 0 aliphatic carbocycles. The van der Waals surface area contributed by atoms with Gasteiger partial charge in [0.15, 0.2) is 0 Å². The van der Waals surface area contributed by atoms with Gasteiger partial charge in [-0.3, -0.25) is 9.59 Å². The number of hydrazone groups is 1. The zero-order chi connectivity index (χ0) is 20.8. The van der Waals surface area contributed by atoms with Crippen LogP contribution in [0.3, 0.4) is 0 Å². The molecule has 7 nitrogen and oxygen atoms in total. The molecule has 1 amide bonds. The number of aliphatic carboxylic acids is 1. The van der Waals surface area contributed by atoms with Crippen molar-refractivity contribution in [1.82, 2.24) is 5.01 Å². The molecule has 0 radical (unpaired) electrons. The van der Waals surface area contributed by atoms with Gasteiger partial charge in [-0.1, -0.05) is 12.1 Å². The smallest absolute Gasteiger partial charge is 0.303 e. The van der Waals surface area contributed by atoms with Crippen molar-refractivity contribution in [2.75, 3.05) is 14.2 Å². The fraction of sp³-hybridized carbons (Fsp3) is 0.318. The molecule has 0 saturated carbocycles. The topological polar surface area (TPSA) is 88.4 Å². The zero-order valence-electron chi connectivity index (χ0n) is 16.5. The number of carbonyl (C=O) groups excluding carboxylic acids is 1. The molecule has 3 rings (SSSR count). The second-order valence-electron chi connectivity index (χ2n) is 6.75. The maximum atomic E-state index is 12.8. The van der Waals surface area contributed by atoms with E-state index in [0.29, 0.717) is 6.42 Å². The van der Waals surface area contributed by atoms with Gasteiger partial charge in [-0.15, -0.1) is 0 Å². The predicted molar refractivity (Wildman–Crippen MR) is 108 cm³/mol. The molecule has 29 heavy (non-hydrogen) atoms. The Morgan fingerprint density at radius 2 is 1.59 bits per heavy atom. The number of methoxy groups -OCH3 is 2. The SMILES string of the molecule is COc1ccc(C2=NN(C(=O)CCCC(=O)O)[C@H](c3ccc(OC)cc3)C2)cc1. The molecule has 0 spiro atoms. The Morgan fingerprint density at radius 3 is 2.14 bits per heavy atom. The first kappa shape index (κ1) is 20.4. The number of hydrogen-bond donors (Lipinski definition) is 1. The van der Waals surface area contributed by atoms with E-state index in [2.05, 4.69) is 5.10 Å². The van der Waals surface area contributed by atoms with Crippen LogP contribution >= 0.6 is 0 Å². The standard InChI is InChI=1S/C22H24N2O5/c1-28-17-10-6-15(7-11-17)19-14-20(16-8-12-18(29-2)13-9-16)24(23-19)21(25)4-3-5-22(26)27/h6-13,20H,3-5,14H2,1-2H3,(H,26,27)/t20-/m0/s1. The third kappa shape index (κ3) is 4.93. The number of rotatable bonds is 8. The van der Waals surface area contributed by atoms with Gasteiger partial charge in [-0.25, -0.2) is 5.01 Å². The van der Waals surface area contributed by atoms with Crippen LogP contribution < -0.4 is 9.47 Å². The van der Waals surface area contributed by atoms with Crippen LogP contribution in [0.15, 0.2) is 53.6 Å². The number of ether oxygens (including phenoxy) is 2. The highest BCUT2D eigenvalue weighted by atomic mass is 16.5. The summed E-state index contributed by atoms with van der Waals surface area (Å²) in [5.41, 5.74) is 2.68. The molecule has 0 saturated heterocycles. The number of hydrogen-bond acceptors (Lipinski definition) is 5. The van der Waals surface area contributed by atoms with Crippen LogP contribution in [0.1, 0.15) is 42.9 Å². The van der Waals surface area contributed by atoms with Crippen molar-refractivity contribution in [3.8, 4) is 11.5 Å². The number of amides is 1. The molecular formula is C22H24N2O5. The Hall–Kier alpha value is -3.35. The third-order valence-electron chi connectivity index (χ3n) is 4.87. The van der Waals surface area contributed by atoms with Gasteiger partial charge in [0.2, 0.25) is 5.91 Å². The first-order valence-corrected chi connectivity index (χ1v) is 9.41. The van der Waals surface area contributed by atoms with Gasteiger partial charge in [0.1, 0.15) is 11.5 Å². The number of nitrogens with zero attached hydrogens (tertiary/aromatic N) is 2. The Labute approximate surface area is 169 Å². The average molecular weight is 396 g/mol. The van der Waals surface area contributed by atoms with E-state index in [9.17, 15) is 9.59 Å². The molecule has 1 aliphatic heterocycles. The molecule has 2 aromatic carbocycles. The van der Waals surface area contributed by atoms with Crippen LogP contribution in [0.4, 0.5) is 0 Å². The number of carbonyl (C=O) groups is 2. The van der Waals surface area contributed by atoms with E-state index in [4.69, 9.17) is 14.6 Å². The molecule has 2 aromatic rings. The average Bonchev–Trinajstić information content (AvgIpc) is 3.19. The molecule has 0 unspecified atom stereocenters. The lowest BCUT2D eigenvalue weighted by atomic mass is 9.98. The Kier molecular flexibility index (Phi) is 6.49. The molecule has 152 valence electrons. The first-order chi connectivity index (χ1) is 14.0. The van der Waals surface area contributed by atoms with Gasteiger partial charge < -0.3 is 14.6 Å². The highest BCUT2D eigenvalue weighted by molar-refractivity contribution is 6.03. The summed E-state index contributed by atoms with van der Waals surface area (Å²) in [6.07, 6.45) is 0.955. The summed E-state index contributed by atoms with van der Waals surface area (Å²) in [7, 11) is 3.22. The van der Waals surface area contributed by atoms with Gasteiger partial charge in [-0.05, 0) is 53.9 Å². The summed E-state index contributed by atoms with van der Waals surface area (Å²) in [4.78, 5) is 23.6. The van der Waals surface area contributed by atoms with Crippen molar-refractivity contribution in [2.45, 2.75) is 31.7 Å². The molecule has 1 atom stereocenters. The predicted octanol–water partition coefficient (Wildman–Crippen LogP) is 3.64. The van der Waals surface area contributed by atoms with E-state index in [1.807, 2.05) is 48.5 Å². The summed E-state index contributed by atoms with van der Waals surface area (Å²) in [6.45, 7) is 0. The summed E-state index contributed by atoms with van der Waals surface area (Å²) >= 11 is 0. The fourth-order valence-electron chi connectivity index (χ4n) is 3.29. The van der Waals surface area contributed by atoms with E-state index < -0.39 is 5.97 Å². The lowest BCUT2D eigenvalue weighted by Gasteiger charge is -2.22. The van der Waals surface area contributed by atoms with Gasteiger partial charge in [0.25, 0.3) is 0 Å². The van der Waals surface area contributed by atoms with Crippen molar-refractivity contribution in [2.24, 2.45) is 5.10 Å². The largest absolute Gasteiger partial charge is 0.497 e. The highest BCUT2D eigenvalue weighted by Crippen LogP contribution is 2.34. The van der Waals surface area contributed by atoms with Crippen LogP contribution in [-0.4, -0.2) is 41.9 Å². The van der Waals surface area contributed by atoms with Crippen molar-refractivity contribution in [3.63, 3.8) is 0 Å². The monoisotopic (exact) mass is 396 g/mol. The van der Waals surface area contributed by atoms with Crippen LogP contribution in [-0.2, 0) is 9.59 Å². The minimum Gasteiger partial charge on any atom is -0.497 e. The number of carboxylic acid groups (broad SMARTS) is 1. The van der Waals surface area contributed by atoms with Crippen molar-refractivity contribution in [3.05, 3.63) is 59.7 Å². The molecule has 1 heterocycles. The van der Waals surface area contributed by atoms with Gasteiger partial charge in [0, 0.05) is 19.3 Å². The molecule has 7 heteroatoms. The zero-order valence-corrected chi connectivity index (χ0v) is 16.5. The quantitative estimate of drug-likeness (QED) is 0.736. The second-order valence-corrected chi connectivity index (χ2v) is 6.75. The lowest BCUT2D eigenvalue weighted by molar-refractivity contribution is -0.137. The van der Waals surface area contributed by atoms with E-state index in [0.717, 1.165) is 28.3 Å². The van der Waals surface area contributed by atoms with Crippen molar-refractivity contribution < 1.29 is 24.2 Å².